The Balaban J connectivity index is 1.74. The molecule has 0 saturated carbocycles. The molecule has 8 heteroatoms. The third-order valence-corrected chi connectivity index (χ3v) is 5.53. The molecule has 7 nitrogen and oxygen atoms in total. The zero-order valence-corrected chi connectivity index (χ0v) is 17.0. The van der Waals surface area contributed by atoms with Gasteiger partial charge in [0.25, 0.3) is 11.6 Å². The number of nitrogens with zero attached hydrogens (tertiary/aromatic N) is 2. The Morgan fingerprint density at radius 1 is 1.28 bits per heavy atom. The van der Waals surface area contributed by atoms with Gasteiger partial charge in [-0.05, 0) is 50.5 Å². The molecule has 2 atom stereocenters. The van der Waals surface area contributed by atoms with Crippen molar-refractivity contribution in [2.45, 2.75) is 38.8 Å². The molecule has 0 spiro atoms. The fourth-order valence-corrected chi connectivity index (χ4v) is 3.95. The van der Waals surface area contributed by atoms with Crippen molar-refractivity contribution in [2.75, 3.05) is 6.54 Å². The second-order valence-electron chi connectivity index (χ2n) is 7.17. The molecule has 29 heavy (non-hydrogen) atoms. The topological polar surface area (TPSA) is 92.6 Å². The number of hydrogen-bond donors (Lipinski definition) is 1. The molecule has 1 heterocycles. The van der Waals surface area contributed by atoms with Gasteiger partial charge in [-0.2, -0.15) is 0 Å². The second-order valence-corrected chi connectivity index (χ2v) is 7.57. The Hall–Kier alpha value is -2.93. The van der Waals surface area contributed by atoms with E-state index in [9.17, 15) is 19.7 Å². The minimum atomic E-state index is -0.581. The van der Waals surface area contributed by atoms with Gasteiger partial charge in [0.2, 0.25) is 5.91 Å². The Morgan fingerprint density at radius 3 is 2.66 bits per heavy atom. The number of amides is 2. The monoisotopic (exact) mass is 415 g/mol. The molecule has 0 bridgehead atoms. The lowest BCUT2D eigenvalue weighted by molar-refractivity contribution is -0.385. The van der Waals surface area contributed by atoms with Crippen molar-refractivity contribution in [1.29, 1.82) is 0 Å². The zero-order valence-electron chi connectivity index (χ0n) is 16.2. The summed E-state index contributed by atoms with van der Waals surface area (Å²) in [6.45, 7) is 3.90. The number of nitro benzene ring substituents is 1. The number of carbonyl (C=O) groups excluding carboxylic acids is 2. The van der Waals surface area contributed by atoms with E-state index in [1.807, 2.05) is 25.1 Å². The molecule has 1 saturated heterocycles. The third kappa shape index (κ3) is 4.40. The van der Waals surface area contributed by atoms with E-state index in [1.165, 1.54) is 23.1 Å². The molecular formula is C21H22ClN3O4. The summed E-state index contributed by atoms with van der Waals surface area (Å²) in [6, 6.07) is 10.7. The predicted molar refractivity (Wildman–Crippen MR) is 110 cm³/mol. The molecule has 2 aromatic carbocycles. The van der Waals surface area contributed by atoms with Gasteiger partial charge in [0.15, 0.2) is 0 Å². The van der Waals surface area contributed by atoms with Gasteiger partial charge in [-0.25, -0.2) is 0 Å². The van der Waals surface area contributed by atoms with Gasteiger partial charge in [0, 0.05) is 28.8 Å². The molecule has 1 fully saturated rings. The van der Waals surface area contributed by atoms with E-state index in [0.29, 0.717) is 29.1 Å². The van der Waals surface area contributed by atoms with Crippen LogP contribution in [0.3, 0.4) is 0 Å². The molecule has 152 valence electrons. The molecule has 3 rings (SSSR count). The highest BCUT2D eigenvalue weighted by Crippen LogP contribution is 2.26. The summed E-state index contributed by atoms with van der Waals surface area (Å²) in [4.78, 5) is 37.9. The largest absolute Gasteiger partial charge is 0.348 e. The summed E-state index contributed by atoms with van der Waals surface area (Å²) < 4.78 is 0. The smallest absolute Gasteiger partial charge is 0.272 e. The summed E-state index contributed by atoms with van der Waals surface area (Å²) in [5.74, 6) is -0.534. The quantitative estimate of drug-likeness (QED) is 0.589. The lowest BCUT2D eigenvalue weighted by atomic mass is 10.1. The maximum Gasteiger partial charge on any atom is 0.272 e. The first-order chi connectivity index (χ1) is 13.8. The van der Waals surface area contributed by atoms with Crippen molar-refractivity contribution >= 4 is 29.1 Å². The first kappa shape index (κ1) is 20.8. The van der Waals surface area contributed by atoms with E-state index in [-0.39, 0.29) is 23.5 Å². The lowest BCUT2D eigenvalue weighted by Crippen LogP contribution is -2.46. The molecule has 1 N–H and O–H groups in total. The summed E-state index contributed by atoms with van der Waals surface area (Å²) >= 11 is 6.21. The molecule has 2 unspecified atom stereocenters. The Kier molecular flexibility index (Phi) is 6.17. The number of carbonyl (C=O) groups is 2. The van der Waals surface area contributed by atoms with E-state index in [2.05, 4.69) is 5.32 Å². The van der Waals surface area contributed by atoms with Crippen LogP contribution in [0, 0.1) is 17.0 Å². The van der Waals surface area contributed by atoms with Crippen molar-refractivity contribution in [1.82, 2.24) is 10.2 Å². The molecule has 1 aliphatic rings. The van der Waals surface area contributed by atoms with Gasteiger partial charge in [0.1, 0.15) is 6.04 Å². The highest BCUT2D eigenvalue weighted by Gasteiger charge is 2.35. The van der Waals surface area contributed by atoms with Gasteiger partial charge < -0.3 is 10.2 Å². The fourth-order valence-electron chi connectivity index (χ4n) is 3.66. The van der Waals surface area contributed by atoms with Crippen LogP contribution in [0.15, 0.2) is 42.5 Å². The van der Waals surface area contributed by atoms with Crippen LogP contribution >= 0.6 is 11.6 Å². The molecule has 2 amide bonds. The standard InChI is InChI=1S/C21H22ClN3O4/c1-13-12-15(9-10-18(13)25(28)29)21(27)24-11-5-8-19(24)20(26)23-14(2)16-6-3-4-7-17(16)22/h3-4,6-7,9-10,12,14,19H,5,8,11H2,1-2H3,(H,23,26). The Morgan fingerprint density at radius 2 is 2.00 bits per heavy atom. The number of aryl methyl sites for hydroxylation is 1. The first-order valence-corrected chi connectivity index (χ1v) is 9.78. The van der Waals surface area contributed by atoms with Crippen molar-refractivity contribution in [3.05, 3.63) is 74.3 Å². The lowest BCUT2D eigenvalue weighted by Gasteiger charge is -2.26. The highest BCUT2D eigenvalue weighted by molar-refractivity contribution is 6.31. The Bertz CT molecular complexity index is 963. The van der Waals surface area contributed by atoms with Crippen molar-refractivity contribution in [3.63, 3.8) is 0 Å². The van der Waals surface area contributed by atoms with E-state index < -0.39 is 11.0 Å². The first-order valence-electron chi connectivity index (χ1n) is 9.40. The SMILES string of the molecule is Cc1cc(C(=O)N2CCCC2C(=O)NC(C)c2ccccc2Cl)ccc1[N+](=O)[O-]. The van der Waals surface area contributed by atoms with Crippen LogP contribution in [0.4, 0.5) is 5.69 Å². The fraction of sp³-hybridized carbons (Fsp3) is 0.333. The maximum absolute atomic E-state index is 13.0. The van der Waals surface area contributed by atoms with Gasteiger partial charge in [-0.1, -0.05) is 29.8 Å². The van der Waals surface area contributed by atoms with Gasteiger partial charge in [-0.15, -0.1) is 0 Å². The van der Waals surface area contributed by atoms with Crippen LogP contribution in [0.25, 0.3) is 0 Å². The van der Waals surface area contributed by atoms with Gasteiger partial charge in [0.05, 0.1) is 11.0 Å². The van der Waals surface area contributed by atoms with Crippen molar-refractivity contribution in [3.8, 4) is 0 Å². The third-order valence-electron chi connectivity index (χ3n) is 5.19. The van der Waals surface area contributed by atoms with Crippen molar-refractivity contribution in [2.24, 2.45) is 0 Å². The normalized spacial score (nSPS) is 17.1. The maximum atomic E-state index is 13.0. The molecule has 0 radical (unpaired) electrons. The minimum Gasteiger partial charge on any atom is -0.348 e. The van der Waals surface area contributed by atoms with Gasteiger partial charge in [-0.3, -0.25) is 19.7 Å². The van der Waals surface area contributed by atoms with Crippen molar-refractivity contribution < 1.29 is 14.5 Å². The molecule has 0 aliphatic carbocycles. The van der Waals surface area contributed by atoms with Gasteiger partial charge >= 0.3 is 0 Å². The van der Waals surface area contributed by atoms with E-state index in [0.717, 1.165) is 12.0 Å². The number of benzene rings is 2. The Labute approximate surface area is 173 Å². The summed E-state index contributed by atoms with van der Waals surface area (Å²) in [5.41, 5.74) is 1.52. The van der Waals surface area contributed by atoms with Crippen LogP contribution in [0.2, 0.25) is 5.02 Å². The van der Waals surface area contributed by atoms with Crippen LogP contribution in [-0.2, 0) is 4.79 Å². The van der Waals surface area contributed by atoms with E-state index in [1.54, 1.807) is 13.0 Å². The average Bonchev–Trinajstić information content (AvgIpc) is 3.17. The summed E-state index contributed by atoms with van der Waals surface area (Å²) in [7, 11) is 0. The van der Waals surface area contributed by atoms with E-state index >= 15 is 0 Å². The molecule has 0 aromatic heterocycles. The number of halogens is 1. The summed E-state index contributed by atoms with van der Waals surface area (Å²) in [6.07, 6.45) is 1.29. The van der Waals surface area contributed by atoms with Crippen LogP contribution in [0.5, 0.6) is 0 Å². The van der Waals surface area contributed by atoms with Crippen LogP contribution in [-0.4, -0.2) is 34.2 Å². The number of nitrogens with one attached hydrogen (secondary N) is 1. The van der Waals surface area contributed by atoms with Crippen LogP contribution < -0.4 is 5.32 Å². The predicted octanol–water partition coefficient (Wildman–Crippen LogP) is 4.04. The number of hydrogen-bond acceptors (Lipinski definition) is 4. The molecular weight excluding hydrogens is 394 g/mol. The zero-order chi connectivity index (χ0) is 21.1. The number of nitro groups is 1. The van der Waals surface area contributed by atoms with Crippen LogP contribution in [0.1, 0.15) is 47.3 Å². The highest BCUT2D eigenvalue weighted by atomic mass is 35.5. The number of rotatable bonds is 5. The average molecular weight is 416 g/mol. The molecule has 2 aromatic rings. The molecule has 1 aliphatic heterocycles. The number of likely N-dealkylation sites (tertiary alicyclic amines) is 1. The second kappa shape index (κ2) is 8.61. The summed E-state index contributed by atoms with van der Waals surface area (Å²) in [5, 5.41) is 14.5. The van der Waals surface area contributed by atoms with E-state index in [4.69, 9.17) is 11.6 Å². The minimum absolute atomic E-state index is 0.0363.